The summed E-state index contributed by atoms with van der Waals surface area (Å²) >= 11 is 0. The van der Waals surface area contributed by atoms with Crippen molar-refractivity contribution in [3.05, 3.63) is 42.0 Å². The van der Waals surface area contributed by atoms with Gasteiger partial charge >= 0.3 is 5.97 Å². The maximum Gasteiger partial charge on any atom is 0.325 e. The van der Waals surface area contributed by atoms with Crippen molar-refractivity contribution >= 4 is 5.97 Å². The Kier molecular flexibility index (Phi) is 2.91. The van der Waals surface area contributed by atoms with Gasteiger partial charge in [0.2, 0.25) is 0 Å². The van der Waals surface area contributed by atoms with Crippen LogP contribution in [0.15, 0.2) is 30.5 Å². The molecule has 0 saturated carbocycles. The third kappa shape index (κ3) is 2.33. The fraction of sp³-hybridized carbons (Fsp3) is 0.167. The summed E-state index contributed by atoms with van der Waals surface area (Å²) in [6, 6.07) is 6.02. The standard InChI is InChI=1S/C12H11FN2O2/c1-8-11(6-14-15(8)7-12(16)17)9-2-4-10(13)5-3-9/h2-6H,7H2,1H3,(H,16,17). The Labute approximate surface area is 97.3 Å². The van der Waals surface area contributed by atoms with Crippen LogP contribution in [0.3, 0.4) is 0 Å². The Morgan fingerprint density at radius 2 is 2.06 bits per heavy atom. The molecular formula is C12H11FN2O2. The molecular weight excluding hydrogens is 223 g/mol. The van der Waals surface area contributed by atoms with Crippen LogP contribution >= 0.6 is 0 Å². The predicted molar refractivity (Wildman–Crippen MR) is 60.0 cm³/mol. The van der Waals surface area contributed by atoms with Gasteiger partial charge < -0.3 is 5.11 Å². The molecule has 4 nitrogen and oxygen atoms in total. The normalized spacial score (nSPS) is 10.5. The highest BCUT2D eigenvalue weighted by atomic mass is 19.1. The molecule has 1 N–H and O–H groups in total. The van der Waals surface area contributed by atoms with Crippen LogP contribution in [-0.2, 0) is 11.3 Å². The number of hydrogen-bond donors (Lipinski definition) is 1. The lowest BCUT2D eigenvalue weighted by atomic mass is 10.1. The summed E-state index contributed by atoms with van der Waals surface area (Å²) in [5.74, 6) is -1.24. The van der Waals surface area contributed by atoms with Crippen molar-refractivity contribution in [3.63, 3.8) is 0 Å². The lowest BCUT2D eigenvalue weighted by molar-refractivity contribution is -0.137. The molecule has 2 rings (SSSR count). The molecule has 0 bridgehead atoms. The fourth-order valence-electron chi connectivity index (χ4n) is 1.65. The first-order valence-electron chi connectivity index (χ1n) is 5.08. The summed E-state index contributed by atoms with van der Waals surface area (Å²) in [7, 11) is 0. The van der Waals surface area contributed by atoms with Gasteiger partial charge in [-0.25, -0.2) is 4.39 Å². The van der Waals surface area contributed by atoms with Gasteiger partial charge in [-0.1, -0.05) is 12.1 Å². The van der Waals surface area contributed by atoms with E-state index in [-0.39, 0.29) is 12.4 Å². The molecule has 0 spiro atoms. The summed E-state index contributed by atoms with van der Waals surface area (Å²) in [5.41, 5.74) is 2.38. The number of aliphatic carboxylic acids is 1. The van der Waals surface area contributed by atoms with Crippen LogP contribution in [0.1, 0.15) is 5.69 Å². The van der Waals surface area contributed by atoms with E-state index in [4.69, 9.17) is 5.11 Å². The van der Waals surface area contributed by atoms with E-state index in [0.717, 1.165) is 16.8 Å². The summed E-state index contributed by atoms with van der Waals surface area (Å²) in [4.78, 5) is 10.6. The maximum atomic E-state index is 12.8. The predicted octanol–water partition coefficient (Wildman–Crippen LogP) is 2.08. The first-order chi connectivity index (χ1) is 8.08. The number of benzene rings is 1. The number of carbonyl (C=O) groups is 1. The molecule has 2 aromatic rings. The highest BCUT2D eigenvalue weighted by molar-refractivity contribution is 5.68. The Bertz CT molecular complexity index is 546. The van der Waals surface area contributed by atoms with Crippen molar-refractivity contribution in [2.24, 2.45) is 0 Å². The van der Waals surface area contributed by atoms with E-state index in [1.807, 2.05) is 0 Å². The average Bonchev–Trinajstić information content (AvgIpc) is 2.61. The lowest BCUT2D eigenvalue weighted by Gasteiger charge is -2.02. The van der Waals surface area contributed by atoms with Crippen LogP contribution < -0.4 is 0 Å². The van der Waals surface area contributed by atoms with Gasteiger partial charge in [0, 0.05) is 11.3 Å². The Morgan fingerprint density at radius 3 is 2.65 bits per heavy atom. The molecule has 5 heteroatoms. The largest absolute Gasteiger partial charge is 0.480 e. The second-order valence-electron chi connectivity index (χ2n) is 3.70. The number of nitrogens with zero attached hydrogens (tertiary/aromatic N) is 2. The fourth-order valence-corrected chi connectivity index (χ4v) is 1.65. The van der Waals surface area contributed by atoms with E-state index >= 15 is 0 Å². The zero-order valence-electron chi connectivity index (χ0n) is 9.22. The Hall–Kier alpha value is -2.17. The Balaban J connectivity index is 2.37. The van der Waals surface area contributed by atoms with Crippen molar-refractivity contribution in [2.75, 3.05) is 0 Å². The van der Waals surface area contributed by atoms with Gasteiger partial charge in [-0.3, -0.25) is 9.48 Å². The van der Waals surface area contributed by atoms with E-state index in [1.165, 1.54) is 16.8 Å². The second kappa shape index (κ2) is 4.37. The van der Waals surface area contributed by atoms with Gasteiger partial charge in [-0.15, -0.1) is 0 Å². The molecule has 0 aliphatic rings. The molecule has 0 unspecified atom stereocenters. The number of carboxylic acid groups (broad SMARTS) is 1. The van der Waals surface area contributed by atoms with Gasteiger partial charge in [0.1, 0.15) is 12.4 Å². The Morgan fingerprint density at radius 1 is 1.41 bits per heavy atom. The first kappa shape index (κ1) is 11.3. The molecule has 88 valence electrons. The molecule has 0 atom stereocenters. The summed E-state index contributed by atoms with van der Waals surface area (Å²) in [6.45, 7) is 1.61. The van der Waals surface area contributed by atoms with E-state index in [2.05, 4.69) is 5.10 Å². The van der Waals surface area contributed by atoms with Gasteiger partial charge in [-0.05, 0) is 24.6 Å². The zero-order valence-corrected chi connectivity index (χ0v) is 9.22. The number of halogens is 1. The molecule has 0 aliphatic carbocycles. The van der Waals surface area contributed by atoms with Crippen LogP contribution in [0.25, 0.3) is 11.1 Å². The van der Waals surface area contributed by atoms with Crippen molar-refractivity contribution in [1.29, 1.82) is 0 Å². The monoisotopic (exact) mass is 234 g/mol. The van der Waals surface area contributed by atoms with E-state index in [0.29, 0.717) is 0 Å². The molecule has 0 aliphatic heterocycles. The minimum Gasteiger partial charge on any atom is -0.480 e. The van der Waals surface area contributed by atoms with Crippen LogP contribution in [0.5, 0.6) is 0 Å². The molecule has 1 aromatic carbocycles. The van der Waals surface area contributed by atoms with E-state index < -0.39 is 5.97 Å². The summed E-state index contributed by atoms with van der Waals surface area (Å²) in [5, 5.41) is 12.7. The summed E-state index contributed by atoms with van der Waals surface area (Å²) < 4.78 is 14.2. The van der Waals surface area contributed by atoms with Crippen molar-refractivity contribution in [1.82, 2.24) is 9.78 Å². The molecule has 0 saturated heterocycles. The van der Waals surface area contributed by atoms with Gasteiger partial charge in [0.15, 0.2) is 0 Å². The van der Waals surface area contributed by atoms with Crippen LogP contribution in [-0.4, -0.2) is 20.9 Å². The number of aromatic nitrogens is 2. The molecule has 0 amide bonds. The van der Waals surface area contributed by atoms with Crippen LogP contribution in [0.4, 0.5) is 4.39 Å². The highest BCUT2D eigenvalue weighted by Crippen LogP contribution is 2.22. The SMILES string of the molecule is Cc1c(-c2ccc(F)cc2)cnn1CC(=O)O. The lowest BCUT2D eigenvalue weighted by Crippen LogP contribution is -2.11. The van der Waals surface area contributed by atoms with Gasteiger partial charge in [0.25, 0.3) is 0 Å². The topological polar surface area (TPSA) is 55.1 Å². The zero-order chi connectivity index (χ0) is 12.4. The van der Waals surface area contributed by atoms with E-state index in [1.54, 1.807) is 25.3 Å². The molecule has 0 fully saturated rings. The third-order valence-corrected chi connectivity index (χ3v) is 2.54. The smallest absolute Gasteiger partial charge is 0.325 e. The maximum absolute atomic E-state index is 12.8. The molecule has 0 radical (unpaired) electrons. The summed E-state index contributed by atoms with van der Waals surface area (Å²) in [6.07, 6.45) is 1.59. The minimum absolute atomic E-state index is 0.174. The first-order valence-corrected chi connectivity index (χ1v) is 5.08. The quantitative estimate of drug-likeness (QED) is 0.884. The average molecular weight is 234 g/mol. The van der Waals surface area contributed by atoms with Gasteiger partial charge in [-0.2, -0.15) is 5.10 Å². The van der Waals surface area contributed by atoms with Crippen molar-refractivity contribution in [3.8, 4) is 11.1 Å². The van der Waals surface area contributed by atoms with Crippen molar-refractivity contribution < 1.29 is 14.3 Å². The number of rotatable bonds is 3. The minimum atomic E-state index is -0.943. The molecule has 17 heavy (non-hydrogen) atoms. The molecule has 1 aromatic heterocycles. The highest BCUT2D eigenvalue weighted by Gasteiger charge is 2.10. The van der Waals surface area contributed by atoms with Crippen molar-refractivity contribution in [2.45, 2.75) is 13.5 Å². The third-order valence-electron chi connectivity index (χ3n) is 2.54. The molecule has 1 heterocycles. The van der Waals surface area contributed by atoms with Crippen LogP contribution in [0.2, 0.25) is 0 Å². The van der Waals surface area contributed by atoms with Gasteiger partial charge in [0.05, 0.1) is 6.20 Å². The number of carboxylic acids is 1. The van der Waals surface area contributed by atoms with E-state index in [9.17, 15) is 9.18 Å². The number of hydrogen-bond acceptors (Lipinski definition) is 2. The second-order valence-corrected chi connectivity index (χ2v) is 3.70. The van der Waals surface area contributed by atoms with Crippen LogP contribution in [0, 0.1) is 12.7 Å².